The Bertz CT molecular complexity index is 656. The number of carbonyl (C=O) groups is 1. The number of nitrogen functional groups attached to an aromatic ring is 1. The third-order valence-corrected chi connectivity index (χ3v) is 2.81. The van der Waals surface area contributed by atoms with Gasteiger partial charge in [-0.1, -0.05) is 18.2 Å². The van der Waals surface area contributed by atoms with Crippen LogP contribution < -0.4 is 16.4 Å². The molecular formula is C15H16N4O2. The van der Waals surface area contributed by atoms with Crippen LogP contribution in [0.15, 0.2) is 48.5 Å². The van der Waals surface area contributed by atoms with Crippen molar-refractivity contribution in [1.82, 2.24) is 0 Å². The Hall–Kier alpha value is -3.02. The van der Waals surface area contributed by atoms with Gasteiger partial charge in [0.1, 0.15) is 11.6 Å². The van der Waals surface area contributed by atoms with E-state index in [0.717, 1.165) is 5.69 Å². The Morgan fingerprint density at radius 1 is 1.19 bits per heavy atom. The molecule has 0 aliphatic carbocycles. The second-order valence-corrected chi connectivity index (χ2v) is 4.41. The molecule has 0 bridgehead atoms. The third kappa shape index (κ3) is 3.97. The summed E-state index contributed by atoms with van der Waals surface area (Å²) in [5, 5.41) is 22.6. The molecule has 2 aromatic rings. The summed E-state index contributed by atoms with van der Waals surface area (Å²) < 4.78 is 0. The van der Waals surface area contributed by atoms with E-state index < -0.39 is 0 Å². The lowest BCUT2D eigenvalue weighted by atomic mass is 10.1. The monoisotopic (exact) mass is 284 g/mol. The maximum atomic E-state index is 11.8. The summed E-state index contributed by atoms with van der Waals surface area (Å²) in [6.07, 6.45) is 0. The molecule has 0 aliphatic heterocycles. The topological polar surface area (TPSA) is 111 Å². The van der Waals surface area contributed by atoms with E-state index in [1.54, 1.807) is 0 Å². The van der Waals surface area contributed by atoms with E-state index in [2.05, 4.69) is 10.6 Å². The summed E-state index contributed by atoms with van der Waals surface area (Å²) in [4.78, 5) is 11.8. The van der Waals surface area contributed by atoms with Crippen molar-refractivity contribution in [2.45, 2.75) is 0 Å². The average molecular weight is 284 g/mol. The first-order valence-electron chi connectivity index (χ1n) is 6.32. The molecule has 0 aliphatic rings. The zero-order valence-electron chi connectivity index (χ0n) is 11.3. The van der Waals surface area contributed by atoms with Crippen LogP contribution in [0, 0.1) is 5.41 Å². The van der Waals surface area contributed by atoms with Crippen molar-refractivity contribution in [3.8, 4) is 5.75 Å². The van der Waals surface area contributed by atoms with E-state index in [0.29, 0.717) is 5.56 Å². The van der Waals surface area contributed by atoms with Crippen LogP contribution in [0.2, 0.25) is 0 Å². The Kier molecular flexibility index (Phi) is 4.40. The van der Waals surface area contributed by atoms with Crippen LogP contribution in [0.3, 0.4) is 0 Å². The first-order chi connectivity index (χ1) is 10.1. The number of para-hydroxylation sites is 1. The third-order valence-electron chi connectivity index (χ3n) is 2.81. The second kappa shape index (κ2) is 6.42. The lowest BCUT2D eigenvalue weighted by Crippen LogP contribution is -2.22. The molecule has 0 atom stereocenters. The fraction of sp³-hybridized carbons (Fsp3) is 0.0667. The highest BCUT2D eigenvalue weighted by Crippen LogP contribution is 2.23. The molecule has 0 unspecified atom stereocenters. The summed E-state index contributed by atoms with van der Waals surface area (Å²) in [5.41, 5.74) is 6.86. The van der Waals surface area contributed by atoms with Gasteiger partial charge in [-0.15, -0.1) is 0 Å². The average Bonchev–Trinajstić information content (AvgIpc) is 2.48. The molecule has 2 aromatic carbocycles. The zero-order chi connectivity index (χ0) is 15.2. The Labute approximate surface area is 122 Å². The molecular weight excluding hydrogens is 268 g/mol. The predicted octanol–water partition coefficient (Wildman–Crippen LogP) is 1.73. The molecule has 6 heteroatoms. The van der Waals surface area contributed by atoms with Gasteiger partial charge in [0.2, 0.25) is 5.91 Å². The quantitative estimate of drug-likeness (QED) is 0.327. The Morgan fingerprint density at radius 2 is 1.90 bits per heavy atom. The van der Waals surface area contributed by atoms with Crippen molar-refractivity contribution >= 4 is 23.1 Å². The maximum Gasteiger partial charge on any atom is 0.243 e. The lowest BCUT2D eigenvalue weighted by Gasteiger charge is -2.10. The first-order valence-corrected chi connectivity index (χ1v) is 6.32. The molecule has 0 saturated heterocycles. The lowest BCUT2D eigenvalue weighted by molar-refractivity contribution is -0.114. The number of phenols is 1. The molecule has 108 valence electrons. The van der Waals surface area contributed by atoms with Crippen LogP contribution in [-0.4, -0.2) is 23.4 Å². The summed E-state index contributed by atoms with van der Waals surface area (Å²) in [6, 6.07) is 13.7. The van der Waals surface area contributed by atoms with Gasteiger partial charge in [-0.05, 0) is 30.3 Å². The minimum Gasteiger partial charge on any atom is -0.506 e. The standard InChI is InChI=1S/C15H16N4O2/c16-15(17)10-6-7-13(20)12(8-10)19-14(21)9-18-11-4-2-1-3-5-11/h1-8,18,20H,9H2,(H3,16,17)(H,19,21). The number of nitrogens with one attached hydrogen (secondary N) is 3. The van der Waals surface area contributed by atoms with Crippen molar-refractivity contribution < 1.29 is 9.90 Å². The van der Waals surface area contributed by atoms with E-state index in [-0.39, 0.29) is 29.7 Å². The molecule has 0 aromatic heterocycles. The highest BCUT2D eigenvalue weighted by atomic mass is 16.3. The number of hydrogen-bond acceptors (Lipinski definition) is 4. The Morgan fingerprint density at radius 3 is 2.57 bits per heavy atom. The van der Waals surface area contributed by atoms with E-state index in [1.807, 2.05) is 30.3 Å². The summed E-state index contributed by atoms with van der Waals surface area (Å²) in [7, 11) is 0. The highest BCUT2D eigenvalue weighted by Gasteiger charge is 2.08. The number of carbonyl (C=O) groups excluding carboxylic acids is 1. The van der Waals surface area contributed by atoms with Crippen molar-refractivity contribution in [2.75, 3.05) is 17.2 Å². The van der Waals surface area contributed by atoms with Crippen LogP contribution in [0.1, 0.15) is 5.56 Å². The van der Waals surface area contributed by atoms with Crippen molar-refractivity contribution in [3.05, 3.63) is 54.1 Å². The van der Waals surface area contributed by atoms with Gasteiger partial charge in [-0.25, -0.2) is 0 Å². The maximum absolute atomic E-state index is 11.8. The van der Waals surface area contributed by atoms with Crippen molar-refractivity contribution in [2.24, 2.45) is 5.73 Å². The molecule has 21 heavy (non-hydrogen) atoms. The SMILES string of the molecule is N=C(N)c1ccc(O)c(NC(=O)CNc2ccccc2)c1. The highest BCUT2D eigenvalue weighted by molar-refractivity contribution is 5.99. The van der Waals surface area contributed by atoms with E-state index in [4.69, 9.17) is 11.1 Å². The summed E-state index contributed by atoms with van der Waals surface area (Å²) in [5.74, 6) is -0.518. The zero-order valence-corrected chi connectivity index (χ0v) is 11.3. The van der Waals surface area contributed by atoms with Gasteiger partial charge in [0.15, 0.2) is 0 Å². The fourth-order valence-electron chi connectivity index (χ4n) is 1.74. The molecule has 1 amide bonds. The van der Waals surface area contributed by atoms with E-state index >= 15 is 0 Å². The van der Waals surface area contributed by atoms with Gasteiger partial charge >= 0.3 is 0 Å². The van der Waals surface area contributed by atoms with Gasteiger partial charge in [-0.3, -0.25) is 10.2 Å². The van der Waals surface area contributed by atoms with Gasteiger partial charge in [-0.2, -0.15) is 0 Å². The molecule has 0 fully saturated rings. The van der Waals surface area contributed by atoms with Gasteiger partial charge in [0.05, 0.1) is 12.2 Å². The van der Waals surface area contributed by atoms with E-state index in [9.17, 15) is 9.90 Å². The van der Waals surface area contributed by atoms with Crippen molar-refractivity contribution in [3.63, 3.8) is 0 Å². The minimum atomic E-state index is -0.310. The van der Waals surface area contributed by atoms with Gasteiger partial charge < -0.3 is 21.5 Å². The number of aromatic hydroxyl groups is 1. The molecule has 6 nitrogen and oxygen atoms in total. The fourth-order valence-corrected chi connectivity index (χ4v) is 1.74. The summed E-state index contributed by atoms with van der Waals surface area (Å²) >= 11 is 0. The molecule has 6 N–H and O–H groups in total. The van der Waals surface area contributed by atoms with Crippen molar-refractivity contribution in [1.29, 1.82) is 5.41 Å². The number of hydrogen-bond donors (Lipinski definition) is 5. The molecule has 0 spiro atoms. The molecule has 2 rings (SSSR count). The number of amidine groups is 1. The first kappa shape index (κ1) is 14.4. The van der Waals surface area contributed by atoms with Crippen LogP contribution >= 0.6 is 0 Å². The van der Waals surface area contributed by atoms with Crippen LogP contribution in [0.25, 0.3) is 0 Å². The largest absolute Gasteiger partial charge is 0.506 e. The molecule has 0 saturated carbocycles. The van der Waals surface area contributed by atoms with E-state index in [1.165, 1.54) is 18.2 Å². The second-order valence-electron chi connectivity index (χ2n) is 4.41. The minimum absolute atomic E-state index is 0.0632. The normalized spacial score (nSPS) is 9.90. The van der Waals surface area contributed by atoms with Gasteiger partial charge in [0.25, 0.3) is 0 Å². The Balaban J connectivity index is 1.99. The number of amides is 1. The van der Waals surface area contributed by atoms with Crippen LogP contribution in [-0.2, 0) is 4.79 Å². The number of anilines is 2. The van der Waals surface area contributed by atoms with Gasteiger partial charge in [0, 0.05) is 11.3 Å². The predicted molar refractivity (Wildman–Crippen MR) is 82.7 cm³/mol. The molecule has 0 radical (unpaired) electrons. The number of rotatable bonds is 5. The number of benzene rings is 2. The van der Waals surface area contributed by atoms with Crippen LogP contribution in [0.4, 0.5) is 11.4 Å². The number of phenolic OH excluding ortho intramolecular Hbond substituents is 1. The number of nitrogens with two attached hydrogens (primary N) is 1. The molecule has 0 heterocycles. The van der Waals surface area contributed by atoms with Crippen LogP contribution in [0.5, 0.6) is 5.75 Å². The summed E-state index contributed by atoms with van der Waals surface area (Å²) in [6.45, 7) is 0.0632. The smallest absolute Gasteiger partial charge is 0.243 e.